The molecule has 0 atom stereocenters. The lowest BCUT2D eigenvalue weighted by molar-refractivity contribution is 0.102. The van der Waals surface area contributed by atoms with E-state index in [9.17, 15) is 13.6 Å². The fraction of sp³-hybridized carbons (Fsp3) is 0. The summed E-state index contributed by atoms with van der Waals surface area (Å²) >= 11 is 2.01. The summed E-state index contributed by atoms with van der Waals surface area (Å²) in [6.07, 6.45) is 0. The van der Waals surface area contributed by atoms with E-state index in [2.05, 4.69) is 5.32 Å². The van der Waals surface area contributed by atoms with Gasteiger partial charge in [0, 0.05) is 9.64 Å². The highest BCUT2D eigenvalue weighted by molar-refractivity contribution is 14.1. The smallest absolute Gasteiger partial charge is 0.256 e. The Hall–Kier alpha value is -1.50. The summed E-state index contributed by atoms with van der Waals surface area (Å²) in [6.45, 7) is 0. The SMILES string of the molecule is O=C(Nc1cc(F)ccc1F)c1ccccc1I. The Morgan fingerprint density at radius 2 is 1.83 bits per heavy atom. The van der Waals surface area contributed by atoms with Gasteiger partial charge in [-0.2, -0.15) is 0 Å². The molecule has 2 rings (SSSR count). The van der Waals surface area contributed by atoms with E-state index in [1.165, 1.54) is 0 Å². The predicted molar refractivity (Wildman–Crippen MR) is 73.5 cm³/mol. The van der Waals surface area contributed by atoms with Crippen molar-refractivity contribution in [2.24, 2.45) is 0 Å². The molecule has 0 aliphatic carbocycles. The Kier molecular flexibility index (Phi) is 3.90. The van der Waals surface area contributed by atoms with E-state index < -0.39 is 17.5 Å². The van der Waals surface area contributed by atoms with Gasteiger partial charge < -0.3 is 5.32 Å². The van der Waals surface area contributed by atoms with Crippen LogP contribution in [0.5, 0.6) is 0 Å². The number of benzene rings is 2. The Bertz CT molecular complexity index is 601. The zero-order valence-corrected chi connectivity index (χ0v) is 11.2. The summed E-state index contributed by atoms with van der Waals surface area (Å²) in [5.41, 5.74) is 0.251. The number of anilines is 1. The first kappa shape index (κ1) is 12.9. The van der Waals surface area contributed by atoms with E-state index in [0.717, 1.165) is 21.8 Å². The molecule has 5 heteroatoms. The lowest BCUT2D eigenvalue weighted by Crippen LogP contribution is -2.14. The van der Waals surface area contributed by atoms with Crippen LogP contribution < -0.4 is 5.32 Å². The molecule has 0 unspecified atom stereocenters. The molecule has 0 spiro atoms. The summed E-state index contributed by atoms with van der Waals surface area (Å²) < 4.78 is 27.1. The minimum absolute atomic E-state index is 0.167. The molecule has 2 nitrogen and oxygen atoms in total. The molecule has 2 aromatic carbocycles. The second-order valence-electron chi connectivity index (χ2n) is 3.56. The van der Waals surface area contributed by atoms with Gasteiger partial charge in [0.2, 0.25) is 0 Å². The second-order valence-corrected chi connectivity index (χ2v) is 4.72. The van der Waals surface area contributed by atoms with Crippen LogP contribution in [0.15, 0.2) is 42.5 Å². The first-order chi connectivity index (χ1) is 8.58. The van der Waals surface area contributed by atoms with Gasteiger partial charge in [0.1, 0.15) is 11.6 Å². The molecule has 0 radical (unpaired) electrons. The van der Waals surface area contributed by atoms with Crippen LogP contribution in [0.4, 0.5) is 14.5 Å². The fourth-order valence-corrected chi connectivity index (χ4v) is 2.06. The summed E-state index contributed by atoms with van der Waals surface area (Å²) in [5.74, 6) is -1.74. The molecule has 0 aliphatic heterocycles. The van der Waals surface area contributed by atoms with E-state index in [0.29, 0.717) is 5.56 Å². The third-order valence-electron chi connectivity index (χ3n) is 2.30. The van der Waals surface area contributed by atoms with Gasteiger partial charge in [-0.05, 0) is 46.9 Å². The average molecular weight is 359 g/mol. The maximum absolute atomic E-state index is 13.4. The van der Waals surface area contributed by atoms with Crippen LogP contribution in [-0.2, 0) is 0 Å². The number of hydrogen-bond acceptors (Lipinski definition) is 1. The molecular weight excluding hydrogens is 351 g/mol. The molecule has 0 aromatic heterocycles. The van der Waals surface area contributed by atoms with Gasteiger partial charge in [0.15, 0.2) is 0 Å². The molecule has 0 aliphatic rings. The van der Waals surface area contributed by atoms with Crippen LogP contribution in [0.2, 0.25) is 0 Å². The van der Waals surface area contributed by atoms with Crippen molar-refractivity contribution in [3.8, 4) is 0 Å². The van der Waals surface area contributed by atoms with Crippen LogP contribution in [0, 0.1) is 15.2 Å². The second kappa shape index (κ2) is 5.43. The van der Waals surface area contributed by atoms with Gasteiger partial charge in [-0.3, -0.25) is 4.79 Å². The molecule has 1 amide bonds. The van der Waals surface area contributed by atoms with E-state index in [1.807, 2.05) is 22.6 Å². The Balaban J connectivity index is 2.27. The maximum Gasteiger partial charge on any atom is 0.256 e. The topological polar surface area (TPSA) is 29.1 Å². The minimum Gasteiger partial charge on any atom is -0.319 e. The van der Waals surface area contributed by atoms with Crippen LogP contribution in [-0.4, -0.2) is 5.91 Å². The van der Waals surface area contributed by atoms with Crippen molar-refractivity contribution in [1.82, 2.24) is 0 Å². The molecule has 2 aromatic rings. The highest BCUT2D eigenvalue weighted by atomic mass is 127. The molecule has 1 N–H and O–H groups in total. The average Bonchev–Trinajstić information content (AvgIpc) is 2.34. The van der Waals surface area contributed by atoms with Crippen LogP contribution in [0.3, 0.4) is 0 Å². The van der Waals surface area contributed by atoms with Gasteiger partial charge in [-0.25, -0.2) is 8.78 Å². The van der Waals surface area contributed by atoms with Gasteiger partial charge in [0.25, 0.3) is 5.91 Å². The normalized spacial score (nSPS) is 10.2. The lowest BCUT2D eigenvalue weighted by atomic mass is 10.2. The third kappa shape index (κ3) is 2.84. The van der Waals surface area contributed by atoms with Crippen LogP contribution >= 0.6 is 22.6 Å². The van der Waals surface area contributed by atoms with Crippen molar-refractivity contribution in [3.05, 3.63) is 63.2 Å². The summed E-state index contributed by atoms with van der Waals surface area (Å²) in [5, 5.41) is 2.35. The van der Waals surface area contributed by atoms with E-state index in [1.54, 1.807) is 24.3 Å². The standard InChI is InChI=1S/C13H8F2INO/c14-8-5-6-10(15)12(7-8)17-13(18)9-3-1-2-4-11(9)16/h1-7H,(H,17,18). The van der Waals surface area contributed by atoms with E-state index >= 15 is 0 Å². The predicted octanol–water partition coefficient (Wildman–Crippen LogP) is 3.82. The molecule has 0 fully saturated rings. The zero-order valence-electron chi connectivity index (χ0n) is 9.08. The fourth-order valence-electron chi connectivity index (χ4n) is 1.43. The first-order valence-electron chi connectivity index (χ1n) is 5.09. The third-order valence-corrected chi connectivity index (χ3v) is 3.24. The number of carbonyl (C=O) groups excluding carboxylic acids is 1. The van der Waals surface area contributed by atoms with Crippen molar-refractivity contribution >= 4 is 34.2 Å². The highest BCUT2D eigenvalue weighted by Gasteiger charge is 2.12. The summed E-state index contributed by atoms with van der Waals surface area (Å²) in [6, 6.07) is 9.80. The number of nitrogens with one attached hydrogen (secondary N) is 1. The monoisotopic (exact) mass is 359 g/mol. The number of rotatable bonds is 2. The lowest BCUT2D eigenvalue weighted by Gasteiger charge is -2.07. The van der Waals surface area contributed by atoms with Gasteiger partial charge >= 0.3 is 0 Å². The quantitative estimate of drug-likeness (QED) is 0.812. The van der Waals surface area contributed by atoms with Crippen molar-refractivity contribution in [2.45, 2.75) is 0 Å². The molecule has 0 heterocycles. The number of halogens is 3. The van der Waals surface area contributed by atoms with E-state index in [4.69, 9.17) is 0 Å². The largest absolute Gasteiger partial charge is 0.319 e. The summed E-state index contributed by atoms with van der Waals surface area (Å²) in [7, 11) is 0. The van der Waals surface area contributed by atoms with Crippen molar-refractivity contribution in [1.29, 1.82) is 0 Å². The molecule has 18 heavy (non-hydrogen) atoms. The minimum atomic E-state index is -0.671. The molecule has 0 saturated carbocycles. The number of carbonyl (C=O) groups is 1. The van der Waals surface area contributed by atoms with Crippen molar-refractivity contribution in [2.75, 3.05) is 5.32 Å². The van der Waals surface area contributed by atoms with Gasteiger partial charge in [-0.15, -0.1) is 0 Å². The van der Waals surface area contributed by atoms with Crippen molar-refractivity contribution < 1.29 is 13.6 Å². The Morgan fingerprint density at radius 3 is 2.56 bits per heavy atom. The molecular formula is C13H8F2INO. The number of hydrogen-bond donors (Lipinski definition) is 1. The maximum atomic E-state index is 13.4. The number of amides is 1. The summed E-state index contributed by atoms with van der Waals surface area (Å²) in [4.78, 5) is 11.9. The zero-order chi connectivity index (χ0) is 13.1. The molecule has 0 bridgehead atoms. The Labute approximate surface area is 116 Å². The van der Waals surface area contributed by atoms with Gasteiger partial charge in [0.05, 0.1) is 11.3 Å². The van der Waals surface area contributed by atoms with E-state index in [-0.39, 0.29) is 5.69 Å². The molecule has 0 saturated heterocycles. The Morgan fingerprint density at radius 1 is 1.11 bits per heavy atom. The first-order valence-corrected chi connectivity index (χ1v) is 6.17. The van der Waals surface area contributed by atoms with Gasteiger partial charge in [-0.1, -0.05) is 12.1 Å². The highest BCUT2D eigenvalue weighted by Crippen LogP contribution is 2.18. The van der Waals surface area contributed by atoms with Crippen LogP contribution in [0.1, 0.15) is 10.4 Å². The van der Waals surface area contributed by atoms with Crippen molar-refractivity contribution in [3.63, 3.8) is 0 Å². The van der Waals surface area contributed by atoms with Crippen LogP contribution in [0.25, 0.3) is 0 Å². The molecule has 92 valence electrons.